The fraction of sp³-hybridized carbons (Fsp3) is 0.0571. The summed E-state index contributed by atoms with van der Waals surface area (Å²) in [5.74, 6) is 0.754. The van der Waals surface area contributed by atoms with Gasteiger partial charge in [0.1, 0.15) is 0 Å². The normalized spacial score (nSPS) is 14.2. The zero-order valence-corrected chi connectivity index (χ0v) is 25.1. The summed E-state index contributed by atoms with van der Waals surface area (Å²) in [4.78, 5) is 20.1. The van der Waals surface area contributed by atoms with Crippen molar-refractivity contribution < 1.29 is 18.4 Å². The molecule has 7 aromatic rings. The average molecular weight is 647 g/mol. The molecule has 0 radical (unpaired) electrons. The first-order valence-electron chi connectivity index (χ1n) is 13.2. The van der Waals surface area contributed by atoms with Gasteiger partial charge in [0, 0.05) is 0 Å². The van der Waals surface area contributed by atoms with Crippen LogP contribution in [0.25, 0.3) is 65.3 Å². The van der Waals surface area contributed by atoms with Gasteiger partial charge in [-0.1, -0.05) is 0 Å². The number of aromatic nitrogens is 3. The molecule has 0 amide bonds. The Morgan fingerprint density at radius 3 is 2.25 bits per heavy atom. The zero-order valence-electron chi connectivity index (χ0n) is 22.1. The molecule has 4 heterocycles. The van der Waals surface area contributed by atoms with E-state index in [1.54, 1.807) is 0 Å². The molecule has 0 unspecified atom stereocenters. The fourth-order valence-corrected chi connectivity index (χ4v) is 14.0. The number of halogens is 1. The van der Waals surface area contributed by atoms with Gasteiger partial charge in [-0.15, -0.1) is 0 Å². The van der Waals surface area contributed by atoms with Gasteiger partial charge in [0.25, 0.3) is 0 Å². The number of hydrogen-bond donors (Lipinski definition) is 0. The minimum absolute atomic E-state index is 0.754. The second-order valence-corrected chi connectivity index (χ2v) is 20.6. The van der Waals surface area contributed by atoms with Gasteiger partial charge in [-0.05, 0) is 0 Å². The molecule has 0 spiro atoms. The molecule has 4 aromatic carbocycles. The summed E-state index contributed by atoms with van der Waals surface area (Å²) in [6.07, 6.45) is 1.86. The zero-order chi connectivity index (χ0) is 26.8. The molecule has 194 valence electrons. The number of rotatable bonds is 3. The second-order valence-electron chi connectivity index (χ2n) is 10.3. The average Bonchev–Trinajstić information content (AvgIpc) is 3.50. The van der Waals surface area contributed by atoms with Crippen LogP contribution in [0.2, 0.25) is 0 Å². The standard InChI is InChI=1S/C35H25IN3S/c1-36(2)28-21-23(24-14-10-15-26-25-13-6-7-17-30(25)40-34(24)26)18-19-27(28)32-31(36)33(29-16-8-9-20-37-29)39-35(38-32)22-11-4-3-5-12-22/h3-21H,1-2H3/q-1. The number of alkyl halides is 2. The van der Waals surface area contributed by atoms with Crippen LogP contribution in [0, 0.1) is 7.14 Å². The Kier molecular flexibility index (Phi) is 5.41. The first kappa shape index (κ1) is 23.9. The fourth-order valence-electron chi connectivity index (χ4n) is 5.80. The first-order chi connectivity index (χ1) is 19.6. The van der Waals surface area contributed by atoms with Crippen LogP contribution >= 0.6 is 11.3 Å². The van der Waals surface area contributed by atoms with E-state index in [9.17, 15) is 0 Å². The number of benzene rings is 4. The van der Waals surface area contributed by atoms with Gasteiger partial charge in [0.05, 0.1) is 0 Å². The third-order valence-corrected chi connectivity index (χ3v) is 16.4. The molecule has 0 saturated carbocycles. The van der Waals surface area contributed by atoms with Gasteiger partial charge in [0.15, 0.2) is 0 Å². The van der Waals surface area contributed by atoms with E-state index in [1.807, 2.05) is 47.9 Å². The van der Waals surface area contributed by atoms with Gasteiger partial charge in [-0.25, -0.2) is 0 Å². The number of fused-ring (bicyclic) bond motifs is 6. The third-order valence-electron chi connectivity index (χ3n) is 7.71. The molecule has 3 aromatic heterocycles. The molecule has 40 heavy (non-hydrogen) atoms. The summed E-state index contributed by atoms with van der Waals surface area (Å²) in [7, 11) is 0. The molecule has 0 atom stereocenters. The monoisotopic (exact) mass is 646 g/mol. The molecule has 0 aliphatic carbocycles. The van der Waals surface area contributed by atoms with Gasteiger partial charge >= 0.3 is 242 Å². The SMILES string of the molecule is C[I-]1(C)c2cc(-c3cccc4c3sc3ccccc34)ccc2-c2nc(-c3ccccc3)nc(-c3ccccn3)c21. The van der Waals surface area contributed by atoms with Gasteiger partial charge in [0.2, 0.25) is 0 Å². The summed E-state index contributed by atoms with van der Waals surface area (Å²) in [6, 6.07) is 38.9. The molecule has 5 heteroatoms. The Labute approximate surface area is 241 Å². The van der Waals surface area contributed by atoms with Crippen LogP contribution in [-0.2, 0) is 0 Å². The summed E-state index contributed by atoms with van der Waals surface area (Å²) in [5, 5.41) is 2.66. The molecular weight excluding hydrogens is 621 g/mol. The van der Waals surface area contributed by atoms with E-state index in [2.05, 4.69) is 88.7 Å². The van der Waals surface area contributed by atoms with E-state index in [0.29, 0.717) is 0 Å². The molecule has 1 aliphatic rings. The molecule has 0 bridgehead atoms. The van der Waals surface area contributed by atoms with Gasteiger partial charge in [-0.2, -0.15) is 0 Å². The molecular formula is C35H25IN3S-. The number of hydrogen-bond acceptors (Lipinski definition) is 4. The molecule has 1 aliphatic heterocycles. The Balaban J connectivity index is 1.36. The van der Waals surface area contributed by atoms with Crippen molar-refractivity contribution in [3.63, 3.8) is 0 Å². The maximum absolute atomic E-state index is 5.24. The maximum atomic E-state index is 5.24. The predicted molar refractivity (Wildman–Crippen MR) is 164 cm³/mol. The first-order valence-corrected chi connectivity index (χ1v) is 20.5. The van der Waals surface area contributed by atoms with Crippen molar-refractivity contribution in [1.82, 2.24) is 15.0 Å². The van der Waals surface area contributed by atoms with E-state index >= 15 is 0 Å². The van der Waals surface area contributed by atoms with Gasteiger partial charge in [-0.3, -0.25) is 0 Å². The van der Waals surface area contributed by atoms with E-state index in [4.69, 9.17) is 15.0 Å². The van der Waals surface area contributed by atoms with Crippen LogP contribution in [0.5, 0.6) is 0 Å². The van der Waals surface area contributed by atoms with Crippen LogP contribution in [0.3, 0.4) is 0 Å². The van der Waals surface area contributed by atoms with E-state index in [1.165, 1.54) is 44.0 Å². The van der Waals surface area contributed by atoms with Crippen LogP contribution in [0.1, 0.15) is 0 Å². The van der Waals surface area contributed by atoms with E-state index in [0.717, 1.165) is 28.5 Å². The molecule has 0 N–H and O–H groups in total. The van der Waals surface area contributed by atoms with E-state index < -0.39 is 18.4 Å². The summed E-state index contributed by atoms with van der Waals surface area (Å²) < 4.78 is 5.45. The van der Waals surface area contributed by atoms with Crippen molar-refractivity contribution in [3.05, 3.63) is 123 Å². The number of thiophene rings is 1. The topological polar surface area (TPSA) is 38.7 Å². The molecule has 8 rings (SSSR count). The summed E-state index contributed by atoms with van der Waals surface area (Å²) in [5.41, 5.74) is 7.83. The van der Waals surface area contributed by atoms with Crippen molar-refractivity contribution >= 4 is 31.5 Å². The third kappa shape index (κ3) is 3.57. The van der Waals surface area contributed by atoms with Crippen LogP contribution in [0.4, 0.5) is 0 Å². The molecule has 0 fully saturated rings. The molecule has 3 nitrogen and oxygen atoms in total. The van der Waals surface area contributed by atoms with Crippen molar-refractivity contribution in [3.8, 4) is 45.2 Å². The van der Waals surface area contributed by atoms with Crippen molar-refractivity contribution in [2.24, 2.45) is 0 Å². The second kappa shape index (κ2) is 9.04. The molecule has 0 saturated heterocycles. The summed E-state index contributed by atoms with van der Waals surface area (Å²) in [6.45, 7) is 0. The Morgan fingerprint density at radius 2 is 1.40 bits per heavy atom. The van der Waals surface area contributed by atoms with Crippen molar-refractivity contribution in [2.45, 2.75) is 0 Å². The Hall–Kier alpha value is -3.94. The number of nitrogens with zero attached hydrogens (tertiary/aromatic N) is 3. The van der Waals surface area contributed by atoms with Crippen molar-refractivity contribution in [1.29, 1.82) is 0 Å². The summed E-state index contributed by atoms with van der Waals surface area (Å²) >= 11 is -0.822. The van der Waals surface area contributed by atoms with Gasteiger partial charge < -0.3 is 0 Å². The number of pyridine rings is 1. The van der Waals surface area contributed by atoms with E-state index in [-0.39, 0.29) is 0 Å². The Morgan fingerprint density at radius 1 is 0.625 bits per heavy atom. The van der Waals surface area contributed by atoms with Crippen molar-refractivity contribution in [2.75, 3.05) is 9.86 Å². The van der Waals surface area contributed by atoms with Crippen LogP contribution in [-0.4, -0.2) is 24.8 Å². The Bertz CT molecular complexity index is 2080. The predicted octanol–water partition coefficient (Wildman–Crippen LogP) is 5.68. The van der Waals surface area contributed by atoms with Crippen LogP contribution in [0.15, 0.2) is 115 Å². The quantitative estimate of drug-likeness (QED) is 0.183. The minimum atomic E-state index is -2.71. The van der Waals surface area contributed by atoms with Crippen LogP contribution < -0.4 is 18.4 Å².